The van der Waals surface area contributed by atoms with Crippen LogP contribution in [0, 0.1) is 0 Å². The lowest BCUT2D eigenvalue weighted by Crippen LogP contribution is -2.30. The van der Waals surface area contributed by atoms with Gasteiger partial charge in [0, 0.05) is 11.1 Å². The summed E-state index contributed by atoms with van der Waals surface area (Å²) in [6.07, 6.45) is 0.157. The third-order valence-corrected chi connectivity index (χ3v) is 6.35. The number of sulfonamides is 1. The summed E-state index contributed by atoms with van der Waals surface area (Å²) < 4.78 is 32.5. The predicted octanol–water partition coefficient (Wildman–Crippen LogP) is 1.66. The Morgan fingerprint density at radius 2 is 1.77 bits per heavy atom. The Balaban J connectivity index is 2.08. The first-order valence-electron chi connectivity index (χ1n) is 7.66. The highest BCUT2D eigenvalue weighted by atomic mass is 32.2. The first-order chi connectivity index (χ1) is 12.4. The van der Waals surface area contributed by atoms with Gasteiger partial charge in [-0.1, -0.05) is 30.0 Å². The van der Waals surface area contributed by atoms with Crippen LogP contribution in [0.2, 0.25) is 0 Å². The third kappa shape index (κ3) is 3.87. The lowest BCUT2D eigenvalue weighted by Gasteiger charge is -2.22. The zero-order valence-corrected chi connectivity index (χ0v) is 15.4. The maximum atomic E-state index is 13.1. The number of hydrogen-bond donors (Lipinski definition) is 3. The lowest BCUT2D eigenvalue weighted by molar-refractivity contribution is 0.126. The third-order valence-electron chi connectivity index (χ3n) is 3.69. The van der Waals surface area contributed by atoms with Gasteiger partial charge in [-0.25, -0.2) is 12.7 Å². The van der Waals surface area contributed by atoms with Gasteiger partial charge in [-0.2, -0.15) is 0 Å². The molecule has 0 bridgehead atoms. The van der Waals surface area contributed by atoms with Crippen LogP contribution in [-0.4, -0.2) is 37.5 Å². The van der Waals surface area contributed by atoms with Gasteiger partial charge < -0.3 is 14.9 Å². The molecule has 1 aliphatic rings. The number of benzene rings is 2. The second-order valence-electron chi connectivity index (χ2n) is 5.38. The molecule has 138 valence electrons. The summed E-state index contributed by atoms with van der Waals surface area (Å²) in [5.74, 6) is 0.589. The zero-order valence-electron chi connectivity index (χ0n) is 13.8. The van der Waals surface area contributed by atoms with E-state index >= 15 is 0 Å². The van der Waals surface area contributed by atoms with E-state index in [1.165, 1.54) is 25.4 Å². The molecule has 7 nitrogen and oxygen atoms in total. The molecule has 0 radical (unpaired) electrons. The van der Waals surface area contributed by atoms with Crippen molar-refractivity contribution in [3.63, 3.8) is 0 Å². The Morgan fingerprint density at radius 1 is 1.12 bits per heavy atom. The molecule has 1 aliphatic heterocycles. The van der Waals surface area contributed by atoms with Crippen LogP contribution in [0.3, 0.4) is 0 Å². The molecule has 3 rings (SSSR count). The fourth-order valence-corrected chi connectivity index (χ4v) is 4.64. The summed E-state index contributed by atoms with van der Waals surface area (Å²) in [6.45, 7) is 0. The normalized spacial score (nSPS) is 21.7. The summed E-state index contributed by atoms with van der Waals surface area (Å²) in [7, 11) is -2.40. The summed E-state index contributed by atoms with van der Waals surface area (Å²) in [5, 5.41) is 22.1. The highest BCUT2D eigenvalue weighted by Gasteiger charge is 2.30. The molecular weight excluding hydrogens is 376 g/mol. The van der Waals surface area contributed by atoms with E-state index in [4.69, 9.17) is 4.74 Å². The molecule has 1 heterocycles. The van der Waals surface area contributed by atoms with E-state index < -0.39 is 21.8 Å². The summed E-state index contributed by atoms with van der Waals surface area (Å²) in [5.41, 5.74) is -0.635. The van der Waals surface area contributed by atoms with Gasteiger partial charge in [0.15, 0.2) is 5.56 Å². The number of nitrogens with zero attached hydrogens (tertiary/aromatic N) is 1. The van der Waals surface area contributed by atoms with E-state index in [1.807, 2.05) is 0 Å². The molecule has 1 saturated heterocycles. The van der Waals surface area contributed by atoms with E-state index in [9.17, 15) is 18.6 Å². The smallest absolute Gasteiger partial charge is 0.268 e. The minimum atomic E-state index is -3.92. The van der Waals surface area contributed by atoms with Gasteiger partial charge in [-0.15, -0.1) is 0 Å². The monoisotopic (exact) mass is 394 g/mol. The molecule has 1 fully saturated rings. The Kier molecular flexibility index (Phi) is 5.54. The number of ether oxygens (including phenoxy) is 1. The van der Waals surface area contributed by atoms with Crippen LogP contribution in [0.25, 0.3) is 0 Å². The van der Waals surface area contributed by atoms with Crippen molar-refractivity contribution in [2.45, 2.75) is 16.7 Å². The van der Waals surface area contributed by atoms with Gasteiger partial charge in [-0.05, 0) is 36.4 Å². The number of thioether (sulfide) groups is 1. The number of anilines is 1. The SMILES string of the molecule is COc1ccc(N(/C=C2\SC(O)NC2O)S(=O)(=O)c2ccccc2)cc1. The molecule has 0 spiro atoms. The van der Waals surface area contributed by atoms with Crippen LogP contribution < -0.4 is 14.4 Å². The standard InChI is InChI=1S/C17H18N2O5S2/c1-24-13-9-7-12(8-10-13)19(11-15-16(20)18-17(21)25-15)26(22,23)14-5-3-2-4-6-14/h2-11,16-18,20-21H,1H3/b15-11-. The molecular formula is C17H18N2O5S2. The van der Waals surface area contributed by atoms with Crippen molar-refractivity contribution in [2.75, 3.05) is 11.4 Å². The van der Waals surface area contributed by atoms with Crippen LogP contribution in [0.4, 0.5) is 5.69 Å². The minimum Gasteiger partial charge on any atom is -0.497 e. The molecule has 3 N–H and O–H groups in total. The number of aliphatic hydroxyl groups excluding tert-OH is 2. The van der Waals surface area contributed by atoms with Crippen molar-refractivity contribution in [1.82, 2.24) is 5.32 Å². The first-order valence-corrected chi connectivity index (χ1v) is 9.98. The van der Waals surface area contributed by atoms with Crippen LogP contribution in [0.1, 0.15) is 0 Å². The molecule has 2 aromatic rings. The van der Waals surface area contributed by atoms with Crippen molar-refractivity contribution in [1.29, 1.82) is 0 Å². The van der Waals surface area contributed by atoms with Gasteiger partial charge in [0.05, 0.1) is 17.7 Å². The van der Waals surface area contributed by atoms with Crippen LogP contribution in [0.15, 0.2) is 70.6 Å². The van der Waals surface area contributed by atoms with Crippen LogP contribution >= 0.6 is 11.8 Å². The number of rotatable bonds is 5. The average Bonchev–Trinajstić information content (AvgIpc) is 2.97. The number of aliphatic hydroxyl groups is 2. The van der Waals surface area contributed by atoms with Crippen molar-refractivity contribution in [3.05, 3.63) is 65.7 Å². The minimum absolute atomic E-state index is 0.110. The van der Waals surface area contributed by atoms with Gasteiger partial charge >= 0.3 is 0 Å². The van der Waals surface area contributed by atoms with E-state index in [0.717, 1.165) is 16.1 Å². The van der Waals surface area contributed by atoms with E-state index in [1.54, 1.807) is 42.5 Å². The molecule has 0 aliphatic carbocycles. The second-order valence-corrected chi connectivity index (χ2v) is 8.35. The van der Waals surface area contributed by atoms with Crippen LogP contribution in [-0.2, 0) is 10.0 Å². The largest absolute Gasteiger partial charge is 0.497 e. The molecule has 0 aromatic heterocycles. The van der Waals surface area contributed by atoms with Gasteiger partial charge in [0.25, 0.3) is 10.0 Å². The zero-order chi connectivity index (χ0) is 18.7. The molecule has 0 amide bonds. The van der Waals surface area contributed by atoms with E-state index in [2.05, 4.69) is 5.32 Å². The van der Waals surface area contributed by atoms with Gasteiger partial charge in [0.2, 0.25) is 0 Å². The van der Waals surface area contributed by atoms with Crippen molar-refractivity contribution in [2.24, 2.45) is 0 Å². The molecule has 9 heteroatoms. The van der Waals surface area contributed by atoms with Crippen molar-refractivity contribution >= 4 is 27.5 Å². The fraction of sp³-hybridized carbons (Fsp3) is 0.176. The second kappa shape index (κ2) is 7.68. The molecule has 2 unspecified atom stereocenters. The highest BCUT2D eigenvalue weighted by Crippen LogP contribution is 2.33. The van der Waals surface area contributed by atoms with Gasteiger partial charge in [-0.3, -0.25) is 5.32 Å². The number of methoxy groups -OCH3 is 1. The Morgan fingerprint density at radius 3 is 2.31 bits per heavy atom. The summed E-state index contributed by atoms with van der Waals surface area (Å²) in [6, 6.07) is 14.5. The summed E-state index contributed by atoms with van der Waals surface area (Å²) in [4.78, 5) is 0.395. The van der Waals surface area contributed by atoms with E-state index in [0.29, 0.717) is 11.4 Å². The maximum Gasteiger partial charge on any atom is 0.268 e. The maximum absolute atomic E-state index is 13.1. The molecule has 0 saturated carbocycles. The quantitative estimate of drug-likeness (QED) is 0.709. The molecule has 2 aromatic carbocycles. The van der Waals surface area contributed by atoms with Crippen molar-refractivity contribution in [3.8, 4) is 5.75 Å². The molecule has 26 heavy (non-hydrogen) atoms. The topological polar surface area (TPSA) is 99.1 Å². The Bertz CT molecular complexity index is 885. The van der Waals surface area contributed by atoms with E-state index in [-0.39, 0.29) is 9.80 Å². The Labute approximate surface area is 156 Å². The fourth-order valence-electron chi connectivity index (χ4n) is 2.38. The molecule has 2 atom stereocenters. The van der Waals surface area contributed by atoms with Gasteiger partial charge in [0.1, 0.15) is 12.0 Å². The van der Waals surface area contributed by atoms with Crippen LogP contribution in [0.5, 0.6) is 5.75 Å². The first kappa shape index (κ1) is 18.7. The summed E-state index contributed by atoms with van der Waals surface area (Å²) >= 11 is 0.940. The van der Waals surface area contributed by atoms with Crippen molar-refractivity contribution < 1.29 is 23.4 Å². The highest BCUT2D eigenvalue weighted by molar-refractivity contribution is 8.03. The predicted molar refractivity (Wildman–Crippen MR) is 99.9 cm³/mol. The number of hydrogen-bond acceptors (Lipinski definition) is 7. The lowest BCUT2D eigenvalue weighted by atomic mass is 10.3. The number of nitrogens with one attached hydrogen (secondary N) is 1. The average molecular weight is 394 g/mol. The Hall–Kier alpha value is -2.04.